The highest BCUT2D eigenvalue weighted by Crippen LogP contribution is 2.35. The van der Waals surface area contributed by atoms with Crippen molar-refractivity contribution in [2.24, 2.45) is 12.8 Å². The van der Waals surface area contributed by atoms with Crippen molar-refractivity contribution in [3.63, 3.8) is 0 Å². The van der Waals surface area contributed by atoms with Crippen molar-refractivity contribution in [2.75, 3.05) is 6.54 Å². The first-order valence-corrected chi connectivity index (χ1v) is 7.22. The van der Waals surface area contributed by atoms with Crippen molar-refractivity contribution in [1.82, 2.24) is 14.7 Å². The monoisotopic (exact) mass is 288 g/mol. The maximum absolute atomic E-state index is 13.5. The summed E-state index contributed by atoms with van der Waals surface area (Å²) in [5.74, 6) is -0.192. The highest BCUT2D eigenvalue weighted by Gasteiger charge is 2.30. The highest BCUT2D eigenvalue weighted by molar-refractivity contribution is 5.36. The maximum Gasteiger partial charge on any atom is 0.123 e. The molecule has 1 aromatic carbocycles. The van der Waals surface area contributed by atoms with E-state index in [2.05, 4.69) is 16.9 Å². The first-order valence-electron chi connectivity index (χ1n) is 7.22. The van der Waals surface area contributed by atoms with Gasteiger partial charge in [0.05, 0.1) is 5.69 Å². The molecule has 3 rings (SSSR count). The summed E-state index contributed by atoms with van der Waals surface area (Å²) in [6.45, 7) is 6.21. The molecule has 2 N–H and O–H groups in total. The van der Waals surface area contributed by atoms with E-state index in [1.807, 2.05) is 24.7 Å². The molecule has 0 radical (unpaired) electrons. The normalized spacial score (nSPS) is 18.2. The molecule has 21 heavy (non-hydrogen) atoms. The van der Waals surface area contributed by atoms with E-state index in [-0.39, 0.29) is 11.9 Å². The lowest BCUT2D eigenvalue weighted by Gasteiger charge is -2.24. The summed E-state index contributed by atoms with van der Waals surface area (Å²) in [5, 5.41) is 4.47. The number of hydrogen-bond acceptors (Lipinski definition) is 3. The van der Waals surface area contributed by atoms with Crippen LogP contribution in [0.25, 0.3) is 0 Å². The summed E-state index contributed by atoms with van der Waals surface area (Å²) < 4.78 is 15.4. The van der Waals surface area contributed by atoms with Crippen LogP contribution in [0.4, 0.5) is 4.39 Å². The molecule has 2 aromatic rings. The molecule has 2 heterocycles. The Balaban J connectivity index is 1.91. The van der Waals surface area contributed by atoms with Gasteiger partial charge in [-0.05, 0) is 37.1 Å². The van der Waals surface area contributed by atoms with Crippen LogP contribution in [0.3, 0.4) is 0 Å². The summed E-state index contributed by atoms with van der Waals surface area (Å²) in [6.07, 6.45) is 0. The molecule has 1 aromatic heterocycles. The Morgan fingerprint density at radius 3 is 2.76 bits per heavy atom. The van der Waals surface area contributed by atoms with Gasteiger partial charge >= 0.3 is 0 Å². The van der Waals surface area contributed by atoms with E-state index in [9.17, 15) is 4.39 Å². The Hall–Kier alpha value is -1.72. The molecule has 5 heteroatoms. The fourth-order valence-electron chi connectivity index (χ4n) is 3.24. The van der Waals surface area contributed by atoms with Crippen LogP contribution in [0.1, 0.15) is 34.1 Å². The van der Waals surface area contributed by atoms with Crippen LogP contribution >= 0.6 is 0 Å². The van der Waals surface area contributed by atoms with Gasteiger partial charge in [0, 0.05) is 44.0 Å². The molecule has 4 nitrogen and oxygen atoms in total. The topological polar surface area (TPSA) is 47.1 Å². The van der Waals surface area contributed by atoms with Gasteiger partial charge in [-0.2, -0.15) is 5.10 Å². The minimum absolute atomic E-state index is 0.0784. The summed E-state index contributed by atoms with van der Waals surface area (Å²) in [5.41, 5.74) is 11.6. The van der Waals surface area contributed by atoms with Crippen LogP contribution in [-0.4, -0.2) is 21.2 Å². The van der Waals surface area contributed by atoms with Gasteiger partial charge in [0.15, 0.2) is 0 Å². The largest absolute Gasteiger partial charge is 0.329 e. The quantitative estimate of drug-likeness (QED) is 0.942. The Kier molecular flexibility index (Phi) is 3.55. The van der Waals surface area contributed by atoms with Crippen LogP contribution in [0.2, 0.25) is 0 Å². The van der Waals surface area contributed by atoms with Crippen molar-refractivity contribution >= 4 is 0 Å². The molecule has 1 aliphatic heterocycles. The zero-order chi connectivity index (χ0) is 15.1. The summed E-state index contributed by atoms with van der Waals surface area (Å²) in [6, 6.07) is 5.09. The van der Waals surface area contributed by atoms with Crippen molar-refractivity contribution in [1.29, 1.82) is 0 Å². The average molecular weight is 288 g/mol. The van der Waals surface area contributed by atoms with E-state index in [4.69, 9.17) is 5.73 Å². The van der Waals surface area contributed by atoms with Gasteiger partial charge < -0.3 is 5.73 Å². The number of hydrogen-bond donors (Lipinski definition) is 1. The molecule has 0 bridgehead atoms. The molecule has 0 amide bonds. The van der Waals surface area contributed by atoms with Crippen LogP contribution < -0.4 is 5.73 Å². The Morgan fingerprint density at radius 2 is 2.14 bits per heavy atom. The predicted octanol–water partition coefficient (Wildman–Crippen LogP) is 2.19. The number of benzene rings is 1. The second-order valence-corrected chi connectivity index (χ2v) is 5.77. The SMILES string of the molecule is Cc1nn(C)c(C)c1CN1Cc2ccc(F)cc2C1CN. The third-order valence-corrected chi connectivity index (χ3v) is 4.52. The number of rotatable bonds is 3. The van der Waals surface area contributed by atoms with Gasteiger partial charge in [-0.3, -0.25) is 9.58 Å². The third-order valence-electron chi connectivity index (χ3n) is 4.52. The fourth-order valence-corrected chi connectivity index (χ4v) is 3.24. The van der Waals surface area contributed by atoms with Crippen LogP contribution in [0.15, 0.2) is 18.2 Å². The van der Waals surface area contributed by atoms with Gasteiger partial charge in [-0.25, -0.2) is 4.39 Å². The first kappa shape index (κ1) is 14.2. The minimum atomic E-state index is -0.192. The molecule has 1 aliphatic rings. The Bertz CT molecular complexity index is 677. The zero-order valence-electron chi connectivity index (χ0n) is 12.7. The van der Waals surface area contributed by atoms with E-state index in [0.717, 1.165) is 24.3 Å². The van der Waals surface area contributed by atoms with E-state index in [1.54, 1.807) is 6.07 Å². The number of halogens is 1. The molecule has 1 atom stereocenters. The van der Waals surface area contributed by atoms with E-state index in [0.29, 0.717) is 6.54 Å². The van der Waals surface area contributed by atoms with E-state index < -0.39 is 0 Å². The lowest BCUT2D eigenvalue weighted by Crippen LogP contribution is -2.28. The van der Waals surface area contributed by atoms with Crippen molar-refractivity contribution in [3.8, 4) is 0 Å². The first-order chi connectivity index (χ1) is 10.0. The Morgan fingerprint density at radius 1 is 1.38 bits per heavy atom. The molecule has 0 saturated heterocycles. The number of nitrogens with zero attached hydrogens (tertiary/aromatic N) is 3. The molecule has 0 fully saturated rings. The number of nitrogens with two attached hydrogens (primary N) is 1. The standard InChI is InChI=1S/C16H21FN4/c1-10-15(11(2)20(3)19-10)9-21-8-12-4-5-13(17)6-14(12)16(21)7-18/h4-6,16H,7-9,18H2,1-3H3. The number of fused-ring (bicyclic) bond motifs is 1. The smallest absolute Gasteiger partial charge is 0.123 e. The molecular formula is C16H21FN4. The molecule has 0 aliphatic carbocycles. The van der Waals surface area contributed by atoms with Crippen LogP contribution in [0, 0.1) is 19.7 Å². The van der Waals surface area contributed by atoms with Crippen LogP contribution in [0.5, 0.6) is 0 Å². The number of aromatic nitrogens is 2. The summed E-state index contributed by atoms with van der Waals surface area (Å²) in [4.78, 5) is 2.31. The van der Waals surface area contributed by atoms with Gasteiger partial charge in [0.2, 0.25) is 0 Å². The lowest BCUT2D eigenvalue weighted by atomic mass is 10.0. The van der Waals surface area contributed by atoms with Gasteiger partial charge in [0.25, 0.3) is 0 Å². The molecule has 0 spiro atoms. The average Bonchev–Trinajstić information content (AvgIpc) is 2.90. The van der Waals surface area contributed by atoms with Gasteiger partial charge in [0.1, 0.15) is 5.82 Å². The Labute approximate surface area is 124 Å². The van der Waals surface area contributed by atoms with Crippen molar-refractivity contribution < 1.29 is 4.39 Å². The second-order valence-electron chi connectivity index (χ2n) is 5.77. The second kappa shape index (κ2) is 5.24. The molecule has 1 unspecified atom stereocenters. The lowest BCUT2D eigenvalue weighted by molar-refractivity contribution is 0.210. The highest BCUT2D eigenvalue weighted by atomic mass is 19.1. The molecule has 0 saturated carbocycles. The summed E-state index contributed by atoms with van der Waals surface area (Å²) in [7, 11) is 1.96. The zero-order valence-corrected chi connectivity index (χ0v) is 12.7. The van der Waals surface area contributed by atoms with Crippen molar-refractivity contribution in [2.45, 2.75) is 33.0 Å². The van der Waals surface area contributed by atoms with Crippen LogP contribution in [-0.2, 0) is 20.1 Å². The molecule has 112 valence electrons. The van der Waals surface area contributed by atoms with Gasteiger partial charge in [-0.15, -0.1) is 0 Å². The minimum Gasteiger partial charge on any atom is -0.329 e. The number of aryl methyl sites for hydroxylation is 2. The maximum atomic E-state index is 13.5. The molecular weight excluding hydrogens is 267 g/mol. The van der Waals surface area contributed by atoms with E-state index >= 15 is 0 Å². The van der Waals surface area contributed by atoms with E-state index in [1.165, 1.54) is 22.9 Å². The van der Waals surface area contributed by atoms with Crippen molar-refractivity contribution in [3.05, 3.63) is 52.1 Å². The third kappa shape index (κ3) is 2.36. The van der Waals surface area contributed by atoms with Gasteiger partial charge in [-0.1, -0.05) is 6.07 Å². The predicted molar refractivity (Wildman–Crippen MR) is 80.1 cm³/mol. The fraction of sp³-hybridized carbons (Fsp3) is 0.438. The summed E-state index contributed by atoms with van der Waals surface area (Å²) >= 11 is 0.